The summed E-state index contributed by atoms with van der Waals surface area (Å²) in [4.78, 5) is 21.4. The summed E-state index contributed by atoms with van der Waals surface area (Å²) < 4.78 is 0. The van der Waals surface area contributed by atoms with Crippen LogP contribution < -0.4 is 16.2 Å². The summed E-state index contributed by atoms with van der Waals surface area (Å²) in [5, 5.41) is 13.0. The van der Waals surface area contributed by atoms with E-state index < -0.39 is 11.9 Å². The average molecular weight is 242 g/mol. The molecule has 3 N–H and O–H groups in total. The van der Waals surface area contributed by atoms with Gasteiger partial charge < -0.3 is 21.0 Å². The monoisotopic (exact) mass is 241 g/mol. The van der Waals surface area contributed by atoms with Gasteiger partial charge in [-0.1, -0.05) is 11.6 Å². The number of aliphatic carboxylic acids is 1. The number of nitrogens with two attached hydrogens (primary N) is 1. The topological polar surface area (TPSA) is 95.2 Å². The number of benzene rings is 1. The first-order valence-corrected chi connectivity index (χ1v) is 4.91. The molecule has 0 unspecified atom stereocenters. The molecule has 16 heavy (non-hydrogen) atoms. The Kier molecular flexibility index (Phi) is 4.13. The molecule has 1 aromatic carbocycles. The molecule has 6 heteroatoms. The Bertz CT molecular complexity index is 421. The first kappa shape index (κ1) is 12.3. The third kappa shape index (κ3) is 3.78. The van der Waals surface area contributed by atoms with E-state index in [9.17, 15) is 14.7 Å². The Hall–Kier alpha value is -1.75. The van der Waals surface area contributed by atoms with Crippen LogP contribution in [0.15, 0.2) is 18.2 Å². The predicted octanol–water partition coefficient (Wildman–Crippen LogP) is 0.391. The molecule has 0 aliphatic carbocycles. The molecule has 0 bridgehead atoms. The predicted molar refractivity (Wildman–Crippen MR) is 58.7 cm³/mol. The molecule has 0 aliphatic heterocycles. The molecule has 0 heterocycles. The van der Waals surface area contributed by atoms with Crippen molar-refractivity contribution in [3.63, 3.8) is 0 Å². The molecule has 1 aromatic rings. The summed E-state index contributed by atoms with van der Waals surface area (Å²) in [6.07, 6.45) is -0.446. The molecule has 1 amide bonds. The van der Waals surface area contributed by atoms with E-state index in [1.54, 1.807) is 12.1 Å². The number of rotatable bonds is 4. The van der Waals surface area contributed by atoms with Crippen LogP contribution in [0, 0.1) is 0 Å². The number of anilines is 2. The van der Waals surface area contributed by atoms with Gasteiger partial charge in [-0.25, -0.2) is 0 Å². The van der Waals surface area contributed by atoms with Crippen molar-refractivity contribution < 1.29 is 14.7 Å². The number of nitrogens with one attached hydrogen (secondary N) is 1. The highest BCUT2D eigenvalue weighted by Crippen LogP contribution is 2.22. The zero-order valence-electron chi connectivity index (χ0n) is 8.33. The van der Waals surface area contributed by atoms with E-state index in [0.29, 0.717) is 16.4 Å². The summed E-state index contributed by atoms with van der Waals surface area (Å²) >= 11 is 5.74. The summed E-state index contributed by atoms with van der Waals surface area (Å²) in [5.74, 6) is -1.67. The maximum Gasteiger partial charge on any atom is 0.224 e. The largest absolute Gasteiger partial charge is 0.550 e. The number of carbonyl (C=O) groups is 2. The van der Waals surface area contributed by atoms with Crippen LogP contribution in [0.5, 0.6) is 0 Å². The molecule has 0 spiro atoms. The van der Waals surface area contributed by atoms with Crippen molar-refractivity contribution in [1.29, 1.82) is 0 Å². The first-order chi connectivity index (χ1) is 7.49. The van der Waals surface area contributed by atoms with Gasteiger partial charge in [0.1, 0.15) is 0 Å². The fourth-order valence-electron chi connectivity index (χ4n) is 1.04. The molecule has 0 fully saturated rings. The summed E-state index contributed by atoms with van der Waals surface area (Å²) in [6, 6.07) is 4.63. The second kappa shape index (κ2) is 5.37. The number of nitrogen functional groups attached to an aromatic ring is 1. The normalized spacial score (nSPS) is 9.81. The highest BCUT2D eigenvalue weighted by molar-refractivity contribution is 6.33. The maximum atomic E-state index is 11.2. The Balaban J connectivity index is 2.56. The van der Waals surface area contributed by atoms with Crippen LogP contribution in [0.25, 0.3) is 0 Å². The zero-order valence-corrected chi connectivity index (χ0v) is 9.08. The second-order valence-corrected chi connectivity index (χ2v) is 3.56. The Morgan fingerprint density at radius 1 is 1.38 bits per heavy atom. The number of hydrogen-bond acceptors (Lipinski definition) is 4. The van der Waals surface area contributed by atoms with Gasteiger partial charge in [-0.15, -0.1) is 0 Å². The molecule has 0 saturated carbocycles. The lowest BCUT2D eigenvalue weighted by Crippen LogP contribution is -2.24. The minimum absolute atomic E-state index is 0.135. The van der Waals surface area contributed by atoms with Crippen LogP contribution >= 0.6 is 11.6 Å². The lowest BCUT2D eigenvalue weighted by Gasteiger charge is -2.07. The minimum Gasteiger partial charge on any atom is -0.550 e. The average Bonchev–Trinajstić information content (AvgIpc) is 2.21. The van der Waals surface area contributed by atoms with E-state index in [0.717, 1.165) is 0 Å². The van der Waals surface area contributed by atoms with Gasteiger partial charge in [0.25, 0.3) is 0 Å². The van der Waals surface area contributed by atoms with Gasteiger partial charge in [0.05, 0.1) is 10.7 Å². The highest BCUT2D eigenvalue weighted by Gasteiger charge is 2.04. The van der Waals surface area contributed by atoms with Gasteiger partial charge in [0.2, 0.25) is 5.91 Å². The summed E-state index contributed by atoms with van der Waals surface area (Å²) in [7, 11) is 0. The van der Waals surface area contributed by atoms with Crippen molar-refractivity contribution in [2.24, 2.45) is 0 Å². The summed E-state index contributed by atoms with van der Waals surface area (Å²) in [5.41, 5.74) is 6.37. The molecule has 0 saturated heterocycles. The van der Waals surface area contributed by atoms with Crippen molar-refractivity contribution in [3.8, 4) is 0 Å². The van der Waals surface area contributed by atoms with Crippen LogP contribution in [-0.4, -0.2) is 11.9 Å². The third-order valence-corrected chi connectivity index (χ3v) is 2.17. The van der Waals surface area contributed by atoms with Gasteiger partial charge in [-0.05, 0) is 24.6 Å². The number of hydrogen-bond donors (Lipinski definition) is 2. The van der Waals surface area contributed by atoms with E-state index in [-0.39, 0.29) is 12.8 Å². The van der Waals surface area contributed by atoms with Gasteiger partial charge in [0.15, 0.2) is 0 Å². The molecule has 86 valence electrons. The molecule has 0 atom stereocenters. The van der Waals surface area contributed by atoms with Gasteiger partial charge in [-0.3, -0.25) is 4.79 Å². The molecule has 5 nitrogen and oxygen atoms in total. The zero-order chi connectivity index (χ0) is 12.1. The minimum atomic E-state index is -1.26. The Morgan fingerprint density at radius 3 is 2.62 bits per heavy atom. The van der Waals surface area contributed by atoms with Crippen LogP contribution in [-0.2, 0) is 9.59 Å². The van der Waals surface area contributed by atoms with Crippen molar-refractivity contribution in [2.45, 2.75) is 12.8 Å². The van der Waals surface area contributed by atoms with Crippen LogP contribution in [0.3, 0.4) is 0 Å². The van der Waals surface area contributed by atoms with E-state index in [1.165, 1.54) is 6.07 Å². The Labute approximate surface area is 97.2 Å². The number of carboxylic acid groups (broad SMARTS) is 1. The lowest BCUT2D eigenvalue weighted by atomic mass is 10.2. The quantitative estimate of drug-likeness (QED) is 0.746. The number of halogens is 1. The smallest absolute Gasteiger partial charge is 0.224 e. The number of carboxylic acids is 1. The van der Waals surface area contributed by atoms with Gasteiger partial charge in [0, 0.05) is 18.1 Å². The van der Waals surface area contributed by atoms with Gasteiger partial charge in [-0.2, -0.15) is 0 Å². The second-order valence-electron chi connectivity index (χ2n) is 3.16. The van der Waals surface area contributed by atoms with Crippen LogP contribution in [0.4, 0.5) is 11.4 Å². The third-order valence-electron chi connectivity index (χ3n) is 1.84. The Morgan fingerprint density at radius 2 is 2.06 bits per heavy atom. The molecule has 0 radical (unpaired) electrons. The fourth-order valence-corrected chi connectivity index (χ4v) is 1.22. The summed E-state index contributed by atoms with van der Waals surface area (Å²) in [6.45, 7) is 0. The standard InChI is InChI=1S/C10H11ClN2O3/c11-7-5-6(1-2-8(7)12)13-9(14)3-4-10(15)16/h1-2,5H,3-4,12H2,(H,13,14)(H,15,16)/p-1. The highest BCUT2D eigenvalue weighted by atomic mass is 35.5. The van der Waals surface area contributed by atoms with Gasteiger partial charge >= 0.3 is 0 Å². The van der Waals surface area contributed by atoms with E-state index in [4.69, 9.17) is 17.3 Å². The fraction of sp³-hybridized carbons (Fsp3) is 0.200. The van der Waals surface area contributed by atoms with E-state index >= 15 is 0 Å². The number of carbonyl (C=O) groups excluding carboxylic acids is 2. The SMILES string of the molecule is Nc1ccc(NC(=O)CCC(=O)[O-])cc1Cl. The van der Waals surface area contributed by atoms with Crippen molar-refractivity contribution >= 4 is 34.9 Å². The van der Waals surface area contributed by atoms with E-state index in [2.05, 4.69) is 5.32 Å². The van der Waals surface area contributed by atoms with Crippen molar-refractivity contribution in [3.05, 3.63) is 23.2 Å². The van der Waals surface area contributed by atoms with Crippen LogP contribution in [0.2, 0.25) is 5.02 Å². The van der Waals surface area contributed by atoms with Crippen LogP contribution in [0.1, 0.15) is 12.8 Å². The van der Waals surface area contributed by atoms with E-state index in [1.807, 2.05) is 0 Å². The molecular formula is C10H10ClN2O3-. The molecule has 0 aromatic heterocycles. The molecule has 1 rings (SSSR count). The maximum absolute atomic E-state index is 11.2. The molecule has 0 aliphatic rings. The van der Waals surface area contributed by atoms with Crippen molar-refractivity contribution in [1.82, 2.24) is 0 Å². The lowest BCUT2D eigenvalue weighted by molar-refractivity contribution is -0.305. The van der Waals surface area contributed by atoms with Crippen molar-refractivity contribution in [2.75, 3.05) is 11.1 Å². The number of amides is 1. The molecular weight excluding hydrogens is 232 g/mol. The first-order valence-electron chi connectivity index (χ1n) is 4.54.